The first kappa shape index (κ1) is 12.8. The number of thiazole rings is 1. The van der Waals surface area contributed by atoms with Crippen LogP contribution in [0, 0.1) is 6.92 Å². The molecule has 0 saturated carbocycles. The summed E-state index contributed by atoms with van der Waals surface area (Å²) in [5.74, 6) is 0. The quantitative estimate of drug-likeness (QED) is 0.927. The Kier molecular flexibility index (Phi) is 3.67. The first-order valence-electron chi connectivity index (χ1n) is 7.00. The number of rotatable bonds is 3. The molecule has 2 nitrogen and oxygen atoms in total. The fourth-order valence-corrected chi connectivity index (χ4v) is 3.62. The van der Waals surface area contributed by atoms with Crippen molar-refractivity contribution < 1.29 is 0 Å². The van der Waals surface area contributed by atoms with Gasteiger partial charge in [-0.1, -0.05) is 18.2 Å². The van der Waals surface area contributed by atoms with Gasteiger partial charge in [0.1, 0.15) is 0 Å². The summed E-state index contributed by atoms with van der Waals surface area (Å²) in [6, 6.07) is 6.86. The van der Waals surface area contributed by atoms with Gasteiger partial charge in [0, 0.05) is 23.5 Å². The van der Waals surface area contributed by atoms with E-state index < -0.39 is 0 Å². The van der Waals surface area contributed by atoms with E-state index in [4.69, 9.17) is 5.73 Å². The SMILES string of the molecule is Cc1csc(CC(N)c2ccc3c(c2)CCCC3)n1. The van der Waals surface area contributed by atoms with Gasteiger partial charge in [0.05, 0.1) is 5.01 Å². The van der Waals surface area contributed by atoms with E-state index in [0.29, 0.717) is 0 Å². The number of nitrogens with zero attached hydrogens (tertiary/aromatic N) is 1. The van der Waals surface area contributed by atoms with Crippen LogP contribution in [-0.4, -0.2) is 4.98 Å². The molecule has 1 aliphatic carbocycles. The fourth-order valence-electron chi connectivity index (χ4n) is 2.79. The number of aromatic nitrogens is 1. The summed E-state index contributed by atoms with van der Waals surface area (Å²) in [6.45, 7) is 2.03. The molecule has 0 spiro atoms. The molecule has 100 valence electrons. The molecule has 0 amide bonds. The second kappa shape index (κ2) is 5.43. The van der Waals surface area contributed by atoms with Crippen LogP contribution in [0.3, 0.4) is 0 Å². The number of hydrogen-bond acceptors (Lipinski definition) is 3. The van der Waals surface area contributed by atoms with Gasteiger partial charge in [-0.2, -0.15) is 0 Å². The third-order valence-corrected chi connectivity index (χ3v) is 4.85. The van der Waals surface area contributed by atoms with Crippen molar-refractivity contribution in [2.24, 2.45) is 5.73 Å². The average Bonchev–Trinajstić information content (AvgIpc) is 2.83. The van der Waals surface area contributed by atoms with Gasteiger partial charge in [0.25, 0.3) is 0 Å². The van der Waals surface area contributed by atoms with E-state index in [2.05, 4.69) is 28.6 Å². The second-order valence-corrected chi connectivity index (χ2v) is 6.37. The Morgan fingerprint density at radius 3 is 2.79 bits per heavy atom. The number of nitrogens with two attached hydrogens (primary N) is 1. The summed E-state index contributed by atoms with van der Waals surface area (Å²) < 4.78 is 0. The van der Waals surface area contributed by atoms with E-state index in [1.165, 1.54) is 42.4 Å². The highest BCUT2D eigenvalue weighted by molar-refractivity contribution is 7.09. The Hall–Kier alpha value is -1.19. The highest BCUT2D eigenvalue weighted by Crippen LogP contribution is 2.26. The molecule has 3 rings (SSSR count). The third-order valence-electron chi connectivity index (χ3n) is 3.86. The van der Waals surface area contributed by atoms with E-state index in [1.54, 1.807) is 11.3 Å². The van der Waals surface area contributed by atoms with Gasteiger partial charge >= 0.3 is 0 Å². The van der Waals surface area contributed by atoms with E-state index in [-0.39, 0.29) is 6.04 Å². The van der Waals surface area contributed by atoms with E-state index in [9.17, 15) is 0 Å². The van der Waals surface area contributed by atoms with Crippen molar-refractivity contribution in [2.75, 3.05) is 0 Å². The minimum absolute atomic E-state index is 0.0674. The minimum atomic E-state index is 0.0674. The minimum Gasteiger partial charge on any atom is -0.324 e. The smallest absolute Gasteiger partial charge is 0.0947 e. The molecule has 1 unspecified atom stereocenters. The van der Waals surface area contributed by atoms with Gasteiger partial charge in [-0.05, 0) is 49.3 Å². The maximum atomic E-state index is 6.34. The molecule has 0 radical (unpaired) electrons. The summed E-state index contributed by atoms with van der Waals surface area (Å²) in [5.41, 5.74) is 11.7. The van der Waals surface area contributed by atoms with Gasteiger partial charge in [-0.3, -0.25) is 0 Å². The lowest BCUT2D eigenvalue weighted by Crippen LogP contribution is -2.14. The van der Waals surface area contributed by atoms with Crippen molar-refractivity contribution in [3.8, 4) is 0 Å². The third kappa shape index (κ3) is 2.88. The lowest BCUT2D eigenvalue weighted by Gasteiger charge is -2.18. The Labute approximate surface area is 118 Å². The average molecular weight is 272 g/mol. The van der Waals surface area contributed by atoms with Gasteiger partial charge in [-0.25, -0.2) is 4.98 Å². The van der Waals surface area contributed by atoms with Crippen molar-refractivity contribution in [3.05, 3.63) is 51.0 Å². The maximum absolute atomic E-state index is 6.34. The van der Waals surface area contributed by atoms with Crippen molar-refractivity contribution in [1.29, 1.82) is 0 Å². The Morgan fingerprint density at radius 1 is 1.26 bits per heavy atom. The monoisotopic (exact) mass is 272 g/mol. The van der Waals surface area contributed by atoms with Crippen LogP contribution in [0.2, 0.25) is 0 Å². The Bertz CT molecular complexity index is 574. The lowest BCUT2D eigenvalue weighted by atomic mass is 9.89. The van der Waals surface area contributed by atoms with Crippen LogP contribution in [-0.2, 0) is 19.3 Å². The van der Waals surface area contributed by atoms with Crippen LogP contribution in [0.15, 0.2) is 23.6 Å². The molecule has 0 fully saturated rings. The molecule has 0 aliphatic heterocycles. The first-order chi connectivity index (χ1) is 9.22. The molecule has 1 heterocycles. The summed E-state index contributed by atoms with van der Waals surface area (Å²) in [7, 11) is 0. The number of fused-ring (bicyclic) bond motifs is 1. The topological polar surface area (TPSA) is 38.9 Å². The molecule has 0 bridgehead atoms. The largest absolute Gasteiger partial charge is 0.324 e. The van der Waals surface area contributed by atoms with Crippen molar-refractivity contribution in [3.63, 3.8) is 0 Å². The summed E-state index contributed by atoms with van der Waals surface area (Å²) >= 11 is 1.71. The number of hydrogen-bond donors (Lipinski definition) is 1. The zero-order chi connectivity index (χ0) is 13.2. The Morgan fingerprint density at radius 2 is 2.05 bits per heavy atom. The van der Waals surface area contributed by atoms with Gasteiger partial charge in [0.15, 0.2) is 0 Å². The highest BCUT2D eigenvalue weighted by atomic mass is 32.1. The molecule has 1 aromatic heterocycles. The Balaban J connectivity index is 1.77. The predicted octanol–water partition coefficient (Wildman–Crippen LogP) is 3.57. The molecule has 19 heavy (non-hydrogen) atoms. The lowest BCUT2D eigenvalue weighted by molar-refractivity contribution is 0.674. The summed E-state index contributed by atoms with van der Waals surface area (Å²) in [6.07, 6.45) is 5.94. The standard InChI is InChI=1S/C16H20N2S/c1-11-10-19-16(18-11)9-15(17)14-7-6-12-4-2-3-5-13(12)8-14/h6-8,10,15H,2-5,9,17H2,1H3. The van der Waals surface area contributed by atoms with Gasteiger partial charge in [0.2, 0.25) is 0 Å². The van der Waals surface area contributed by atoms with Crippen molar-refractivity contribution >= 4 is 11.3 Å². The number of benzene rings is 1. The number of aryl methyl sites for hydroxylation is 3. The van der Waals surface area contributed by atoms with Crippen molar-refractivity contribution in [1.82, 2.24) is 4.98 Å². The zero-order valence-electron chi connectivity index (χ0n) is 11.4. The van der Waals surface area contributed by atoms with Crippen LogP contribution < -0.4 is 5.73 Å². The maximum Gasteiger partial charge on any atom is 0.0947 e. The van der Waals surface area contributed by atoms with E-state index in [1.807, 2.05) is 6.92 Å². The van der Waals surface area contributed by atoms with Crippen LogP contribution >= 0.6 is 11.3 Å². The molecule has 1 aromatic carbocycles. The second-order valence-electron chi connectivity index (χ2n) is 5.43. The molecule has 1 aliphatic rings. The van der Waals surface area contributed by atoms with Crippen LogP contribution in [0.1, 0.15) is 46.3 Å². The van der Waals surface area contributed by atoms with Crippen LogP contribution in [0.25, 0.3) is 0 Å². The molecule has 3 heteroatoms. The van der Waals surface area contributed by atoms with E-state index >= 15 is 0 Å². The molecule has 2 aromatic rings. The van der Waals surface area contributed by atoms with Gasteiger partial charge < -0.3 is 5.73 Å². The molecular weight excluding hydrogens is 252 g/mol. The zero-order valence-corrected chi connectivity index (χ0v) is 12.2. The molecule has 0 saturated heterocycles. The normalized spacial score (nSPS) is 16.1. The fraction of sp³-hybridized carbons (Fsp3) is 0.438. The van der Waals surface area contributed by atoms with Crippen LogP contribution in [0.5, 0.6) is 0 Å². The van der Waals surface area contributed by atoms with E-state index in [0.717, 1.165) is 17.1 Å². The summed E-state index contributed by atoms with van der Waals surface area (Å²) in [5, 5.41) is 3.23. The molecule has 1 atom stereocenters. The predicted molar refractivity (Wildman–Crippen MR) is 80.6 cm³/mol. The molecular formula is C16H20N2S. The molecule has 2 N–H and O–H groups in total. The summed E-state index contributed by atoms with van der Waals surface area (Å²) in [4.78, 5) is 4.50. The highest BCUT2D eigenvalue weighted by Gasteiger charge is 2.14. The van der Waals surface area contributed by atoms with Crippen molar-refractivity contribution in [2.45, 2.75) is 45.1 Å². The first-order valence-corrected chi connectivity index (χ1v) is 7.88. The van der Waals surface area contributed by atoms with Crippen LogP contribution in [0.4, 0.5) is 0 Å². The van der Waals surface area contributed by atoms with Gasteiger partial charge in [-0.15, -0.1) is 11.3 Å².